The first kappa shape index (κ1) is 13.1. The summed E-state index contributed by atoms with van der Waals surface area (Å²) in [5.41, 5.74) is 0. The lowest BCUT2D eigenvalue weighted by Crippen LogP contribution is -2.13. The zero-order valence-electron chi connectivity index (χ0n) is 8.32. The Morgan fingerprint density at radius 2 is 2.00 bits per heavy atom. The van der Waals surface area contributed by atoms with Crippen LogP contribution in [0.5, 0.6) is 0 Å². The van der Waals surface area contributed by atoms with Gasteiger partial charge < -0.3 is 14.6 Å². The van der Waals surface area contributed by atoms with Gasteiger partial charge in [0.25, 0.3) is 0 Å². The van der Waals surface area contributed by atoms with Crippen LogP contribution in [0.3, 0.4) is 0 Å². The van der Waals surface area contributed by atoms with E-state index in [0.29, 0.717) is 6.61 Å². The molecule has 5 heteroatoms. The van der Waals surface area contributed by atoms with Crippen molar-refractivity contribution >= 4 is 11.8 Å². The number of aliphatic hydroxyl groups excluding tert-OH is 1. The molecule has 14 heavy (non-hydrogen) atoms. The predicted molar refractivity (Wildman–Crippen MR) is 48.8 cm³/mol. The highest BCUT2D eigenvalue weighted by Crippen LogP contribution is 1.95. The molecule has 0 aliphatic heterocycles. The van der Waals surface area contributed by atoms with Gasteiger partial charge in [0.1, 0.15) is 6.61 Å². The Morgan fingerprint density at radius 3 is 2.57 bits per heavy atom. The third-order valence-electron chi connectivity index (χ3n) is 1.41. The number of hydrogen-bond acceptors (Lipinski definition) is 5. The van der Waals surface area contributed by atoms with Crippen LogP contribution in [-0.4, -0.2) is 43.3 Å². The molecule has 0 unspecified atom stereocenters. The number of ether oxygens (including phenoxy) is 2. The molecule has 0 amide bonds. The third-order valence-corrected chi connectivity index (χ3v) is 1.41. The van der Waals surface area contributed by atoms with Crippen LogP contribution < -0.4 is 0 Å². The van der Waals surface area contributed by atoms with Crippen LogP contribution in [0.15, 0.2) is 0 Å². The fourth-order valence-electron chi connectivity index (χ4n) is 0.797. The topological polar surface area (TPSA) is 72.8 Å². The van der Waals surface area contributed by atoms with E-state index >= 15 is 0 Å². The second-order valence-electron chi connectivity index (χ2n) is 2.62. The van der Waals surface area contributed by atoms with Gasteiger partial charge in [0.05, 0.1) is 26.2 Å². The molecule has 0 saturated carbocycles. The number of Topliss-reactive ketones (excluding diaryl/α,β-unsaturated/α-hetero) is 1. The molecule has 0 aromatic carbocycles. The van der Waals surface area contributed by atoms with E-state index in [-0.39, 0.29) is 44.4 Å². The first-order valence-corrected chi connectivity index (χ1v) is 4.56. The van der Waals surface area contributed by atoms with Gasteiger partial charge in [-0.3, -0.25) is 9.59 Å². The van der Waals surface area contributed by atoms with Crippen molar-refractivity contribution in [2.24, 2.45) is 0 Å². The van der Waals surface area contributed by atoms with Gasteiger partial charge in [0.2, 0.25) is 0 Å². The summed E-state index contributed by atoms with van der Waals surface area (Å²) in [7, 11) is 0. The molecule has 0 aliphatic carbocycles. The number of rotatable bonds is 8. The Bertz CT molecular complexity index is 178. The van der Waals surface area contributed by atoms with Crippen LogP contribution in [0.4, 0.5) is 0 Å². The lowest BCUT2D eigenvalue weighted by atomic mass is 10.2. The molecule has 0 fully saturated rings. The smallest absolute Gasteiger partial charge is 0.306 e. The summed E-state index contributed by atoms with van der Waals surface area (Å²) in [6, 6.07) is 0. The maximum absolute atomic E-state index is 11.0. The van der Waals surface area contributed by atoms with Gasteiger partial charge in [0, 0.05) is 6.42 Å². The molecule has 5 nitrogen and oxygen atoms in total. The van der Waals surface area contributed by atoms with Crippen molar-refractivity contribution in [2.45, 2.75) is 19.8 Å². The number of hydrogen-bond donors (Lipinski definition) is 1. The molecule has 0 atom stereocenters. The predicted octanol–water partition coefficient (Wildman–Crippen LogP) is -0.0923. The van der Waals surface area contributed by atoms with E-state index in [1.165, 1.54) is 0 Å². The Hall–Kier alpha value is -0.940. The lowest BCUT2D eigenvalue weighted by molar-refractivity contribution is -0.144. The molecule has 0 bridgehead atoms. The van der Waals surface area contributed by atoms with E-state index in [2.05, 4.69) is 4.74 Å². The summed E-state index contributed by atoms with van der Waals surface area (Å²) in [4.78, 5) is 21.8. The van der Waals surface area contributed by atoms with Crippen LogP contribution in [0.2, 0.25) is 0 Å². The fraction of sp³-hybridized carbons (Fsp3) is 0.778. The lowest BCUT2D eigenvalue weighted by Gasteiger charge is -2.02. The van der Waals surface area contributed by atoms with Crippen LogP contribution in [0.25, 0.3) is 0 Å². The Labute approximate surface area is 83.0 Å². The quantitative estimate of drug-likeness (QED) is 0.442. The Morgan fingerprint density at radius 1 is 1.29 bits per heavy atom. The summed E-state index contributed by atoms with van der Waals surface area (Å²) >= 11 is 0. The summed E-state index contributed by atoms with van der Waals surface area (Å²) in [6.45, 7) is 2.02. The zero-order chi connectivity index (χ0) is 10.8. The molecule has 0 heterocycles. The van der Waals surface area contributed by atoms with E-state index in [9.17, 15) is 9.59 Å². The second kappa shape index (κ2) is 8.65. The van der Waals surface area contributed by atoms with Crippen LogP contribution in [-0.2, 0) is 19.1 Å². The highest BCUT2D eigenvalue weighted by molar-refractivity contribution is 5.83. The number of esters is 1. The number of aliphatic hydroxyl groups is 1. The van der Waals surface area contributed by atoms with E-state index in [4.69, 9.17) is 9.84 Å². The van der Waals surface area contributed by atoms with Crippen LogP contribution in [0, 0.1) is 0 Å². The Kier molecular flexibility index (Phi) is 8.07. The van der Waals surface area contributed by atoms with Crippen molar-refractivity contribution in [3.63, 3.8) is 0 Å². The average Bonchev–Trinajstić information content (AvgIpc) is 2.16. The molecular formula is C9H16O5. The van der Waals surface area contributed by atoms with Gasteiger partial charge in [-0.15, -0.1) is 0 Å². The van der Waals surface area contributed by atoms with Gasteiger partial charge in [-0.2, -0.15) is 0 Å². The largest absolute Gasteiger partial charge is 0.466 e. The molecule has 0 rings (SSSR count). The summed E-state index contributed by atoms with van der Waals surface area (Å²) in [5, 5.41) is 8.36. The first-order chi connectivity index (χ1) is 6.70. The fourth-order valence-corrected chi connectivity index (χ4v) is 0.797. The minimum Gasteiger partial charge on any atom is -0.466 e. The molecule has 0 aromatic rings. The van der Waals surface area contributed by atoms with Crippen molar-refractivity contribution in [3.05, 3.63) is 0 Å². The molecule has 0 spiro atoms. The second-order valence-corrected chi connectivity index (χ2v) is 2.62. The Balaban J connectivity index is 3.39. The standard InChI is InChI=1S/C9H16O5/c1-2-14-9(12)4-3-8(11)7-13-6-5-10/h10H,2-7H2,1H3. The summed E-state index contributed by atoms with van der Waals surface area (Å²) in [5.74, 6) is -0.533. The van der Waals surface area contributed by atoms with Gasteiger partial charge in [-0.05, 0) is 6.92 Å². The van der Waals surface area contributed by atoms with Gasteiger partial charge in [0.15, 0.2) is 5.78 Å². The minimum absolute atomic E-state index is 0.0556. The van der Waals surface area contributed by atoms with Gasteiger partial charge in [-0.25, -0.2) is 0 Å². The zero-order valence-corrected chi connectivity index (χ0v) is 8.32. The minimum atomic E-state index is -0.372. The van der Waals surface area contributed by atoms with Crippen LogP contribution in [0.1, 0.15) is 19.8 Å². The molecular weight excluding hydrogens is 188 g/mol. The van der Waals surface area contributed by atoms with Crippen molar-refractivity contribution in [3.8, 4) is 0 Å². The molecule has 0 radical (unpaired) electrons. The average molecular weight is 204 g/mol. The monoisotopic (exact) mass is 204 g/mol. The molecule has 82 valence electrons. The molecule has 0 aromatic heterocycles. The maximum Gasteiger partial charge on any atom is 0.306 e. The van der Waals surface area contributed by atoms with Crippen molar-refractivity contribution in [1.29, 1.82) is 0 Å². The highest BCUT2D eigenvalue weighted by Gasteiger charge is 2.07. The highest BCUT2D eigenvalue weighted by atomic mass is 16.5. The third kappa shape index (κ3) is 7.70. The normalized spacial score (nSPS) is 9.86. The van der Waals surface area contributed by atoms with E-state index < -0.39 is 0 Å². The number of ketones is 1. The van der Waals surface area contributed by atoms with Crippen molar-refractivity contribution in [1.82, 2.24) is 0 Å². The first-order valence-electron chi connectivity index (χ1n) is 4.56. The summed E-state index contributed by atoms with van der Waals surface area (Å²) in [6.07, 6.45) is 0.222. The molecule has 1 N–H and O–H groups in total. The van der Waals surface area contributed by atoms with Crippen molar-refractivity contribution < 1.29 is 24.2 Å². The summed E-state index contributed by atoms with van der Waals surface area (Å²) < 4.78 is 9.43. The number of carbonyl (C=O) groups is 2. The van der Waals surface area contributed by atoms with Gasteiger partial charge in [-0.1, -0.05) is 0 Å². The van der Waals surface area contributed by atoms with Crippen LogP contribution >= 0.6 is 0 Å². The van der Waals surface area contributed by atoms with E-state index in [1.807, 2.05) is 0 Å². The molecule has 0 aliphatic rings. The number of carbonyl (C=O) groups excluding carboxylic acids is 2. The van der Waals surface area contributed by atoms with Gasteiger partial charge >= 0.3 is 5.97 Å². The molecule has 0 saturated heterocycles. The SMILES string of the molecule is CCOC(=O)CCC(=O)COCCO. The maximum atomic E-state index is 11.0. The van der Waals surface area contributed by atoms with Crippen molar-refractivity contribution in [2.75, 3.05) is 26.4 Å². The van der Waals surface area contributed by atoms with E-state index in [0.717, 1.165) is 0 Å². The van der Waals surface area contributed by atoms with E-state index in [1.54, 1.807) is 6.92 Å².